The largest absolute Gasteiger partial charge is 0.376 e. The topological polar surface area (TPSA) is 99.3 Å². The lowest BCUT2D eigenvalue weighted by Gasteiger charge is -2.14. The molecule has 3 aromatic rings. The highest BCUT2D eigenvalue weighted by Gasteiger charge is 2.11. The molecule has 4 N–H and O–H groups in total. The van der Waals surface area contributed by atoms with E-state index < -0.39 is 0 Å². The Morgan fingerprint density at radius 1 is 0.758 bits per heavy atom. The van der Waals surface area contributed by atoms with Gasteiger partial charge in [-0.25, -0.2) is 0 Å². The number of amides is 3. The van der Waals surface area contributed by atoms with Crippen LogP contribution in [-0.4, -0.2) is 24.3 Å². The Bertz CT molecular complexity index is 1100. The van der Waals surface area contributed by atoms with Crippen molar-refractivity contribution in [2.45, 2.75) is 26.3 Å². The van der Waals surface area contributed by atoms with E-state index in [1.165, 1.54) is 0 Å². The third-order valence-corrected chi connectivity index (χ3v) is 5.00. The van der Waals surface area contributed by atoms with Crippen LogP contribution < -0.4 is 21.3 Å². The molecule has 170 valence electrons. The molecular formula is C26H28N4O3. The van der Waals surface area contributed by atoms with E-state index >= 15 is 0 Å². The zero-order valence-corrected chi connectivity index (χ0v) is 18.7. The second kappa shape index (κ2) is 11.5. The lowest BCUT2D eigenvalue weighted by Crippen LogP contribution is -2.26. The van der Waals surface area contributed by atoms with Gasteiger partial charge in [-0.1, -0.05) is 43.3 Å². The fraction of sp³-hybridized carbons (Fsp3) is 0.192. The van der Waals surface area contributed by atoms with Crippen molar-refractivity contribution >= 4 is 34.8 Å². The SMILES string of the molecule is CCC(=O)Nc1cccc(NCC(=O)Nc2ccc(C(=O)NC(C)c3ccccc3)cc2)c1. The maximum Gasteiger partial charge on any atom is 0.251 e. The van der Waals surface area contributed by atoms with Gasteiger partial charge in [0, 0.05) is 29.0 Å². The van der Waals surface area contributed by atoms with Gasteiger partial charge in [-0.2, -0.15) is 0 Å². The monoisotopic (exact) mass is 444 g/mol. The maximum absolute atomic E-state index is 12.5. The Labute approximate surface area is 193 Å². The highest BCUT2D eigenvalue weighted by atomic mass is 16.2. The number of hydrogen-bond donors (Lipinski definition) is 4. The molecule has 1 atom stereocenters. The van der Waals surface area contributed by atoms with Crippen LogP contribution in [0.15, 0.2) is 78.9 Å². The van der Waals surface area contributed by atoms with Gasteiger partial charge in [-0.15, -0.1) is 0 Å². The molecule has 0 heterocycles. The molecule has 0 saturated carbocycles. The van der Waals surface area contributed by atoms with Gasteiger partial charge in [0.25, 0.3) is 5.91 Å². The highest BCUT2D eigenvalue weighted by molar-refractivity contribution is 5.97. The van der Waals surface area contributed by atoms with Crippen molar-refractivity contribution in [3.63, 3.8) is 0 Å². The lowest BCUT2D eigenvalue weighted by atomic mass is 10.1. The summed E-state index contributed by atoms with van der Waals surface area (Å²) in [6, 6.07) is 23.5. The fourth-order valence-corrected chi connectivity index (χ4v) is 3.15. The van der Waals surface area contributed by atoms with Gasteiger partial charge in [0.15, 0.2) is 0 Å². The average Bonchev–Trinajstić information content (AvgIpc) is 2.84. The van der Waals surface area contributed by atoms with Crippen molar-refractivity contribution in [2.24, 2.45) is 0 Å². The summed E-state index contributed by atoms with van der Waals surface area (Å²) in [6.45, 7) is 3.77. The van der Waals surface area contributed by atoms with Crippen molar-refractivity contribution in [1.29, 1.82) is 0 Å². The second-order valence-electron chi connectivity index (χ2n) is 7.57. The van der Waals surface area contributed by atoms with Crippen LogP contribution in [0.2, 0.25) is 0 Å². The van der Waals surface area contributed by atoms with Crippen molar-refractivity contribution in [2.75, 3.05) is 22.5 Å². The van der Waals surface area contributed by atoms with Crippen LogP contribution in [0.1, 0.15) is 42.2 Å². The van der Waals surface area contributed by atoms with Gasteiger partial charge >= 0.3 is 0 Å². The smallest absolute Gasteiger partial charge is 0.251 e. The molecule has 0 saturated heterocycles. The molecule has 0 aliphatic heterocycles. The normalized spacial score (nSPS) is 11.2. The number of benzene rings is 3. The molecule has 33 heavy (non-hydrogen) atoms. The van der Waals surface area contributed by atoms with E-state index in [2.05, 4.69) is 21.3 Å². The third-order valence-electron chi connectivity index (χ3n) is 5.00. The standard InChI is InChI=1S/C26H28N4O3/c1-3-24(31)30-23-11-7-10-22(16-23)27-17-25(32)29-21-14-12-20(13-15-21)26(33)28-18(2)19-8-5-4-6-9-19/h4-16,18,27H,3,17H2,1-2H3,(H,28,33)(H,29,32)(H,30,31). The predicted octanol–water partition coefficient (Wildman–Crippen LogP) is 4.58. The molecule has 0 bridgehead atoms. The van der Waals surface area contributed by atoms with Gasteiger partial charge in [0.05, 0.1) is 12.6 Å². The van der Waals surface area contributed by atoms with E-state index in [4.69, 9.17) is 0 Å². The first-order valence-corrected chi connectivity index (χ1v) is 10.8. The predicted molar refractivity (Wildman–Crippen MR) is 131 cm³/mol. The van der Waals surface area contributed by atoms with E-state index in [1.54, 1.807) is 49.4 Å². The maximum atomic E-state index is 12.5. The zero-order chi connectivity index (χ0) is 23.6. The van der Waals surface area contributed by atoms with Crippen molar-refractivity contribution in [3.05, 3.63) is 90.0 Å². The third kappa shape index (κ3) is 7.21. The molecule has 0 fully saturated rings. The van der Waals surface area contributed by atoms with Crippen molar-refractivity contribution in [1.82, 2.24) is 5.32 Å². The van der Waals surface area contributed by atoms with Gasteiger partial charge < -0.3 is 21.3 Å². The number of nitrogens with one attached hydrogen (secondary N) is 4. The summed E-state index contributed by atoms with van der Waals surface area (Å²) in [6.07, 6.45) is 0.395. The van der Waals surface area contributed by atoms with Crippen molar-refractivity contribution in [3.8, 4) is 0 Å². The van der Waals surface area contributed by atoms with Crippen LogP contribution in [0.25, 0.3) is 0 Å². The van der Waals surface area contributed by atoms with Gasteiger partial charge in [-0.3, -0.25) is 14.4 Å². The van der Waals surface area contributed by atoms with Crippen LogP contribution in [0, 0.1) is 0 Å². The first kappa shape index (κ1) is 23.5. The number of carbonyl (C=O) groups is 3. The molecule has 3 amide bonds. The molecule has 3 aromatic carbocycles. The number of rotatable bonds is 9. The van der Waals surface area contributed by atoms with Crippen LogP contribution in [0.4, 0.5) is 17.1 Å². The van der Waals surface area contributed by atoms with E-state index in [1.807, 2.05) is 43.3 Å². The minimum absolute atomic E-state index is 0.0575. The molecule has 0 aliphatic carbocycles. The summed E-state index contributed by atoms with van der Waals surface area (Å²) in [5.41, 5.74) is 3.53. The number of anilines is 3. The fourth-order valence-electron chi connectivity index (χ4n) is 3.15. The Morgan fingerprint density at radius 3 is 2.12 bits per heavy atom. The van der Waals surface area contributed by atoms with Crippen LogP contribution in [0.3, 0.4) is 0 Å². The molecule has 7 nitrogen and oxygen atoms in total. The molecule has 0 aromatic heterocycles. The highest BCUT2D eigenvalue weighted by Crippen LogP contribution is 2.16. The zero-order valence-electron chi connectivity index (χ0n) is 18.7. The Balaban J connectivity index is 1.49. The molecule has 0 aliphatic rings. The quantitative estimate of drug-likeness (QED) is 0.388. The minimum Gasteiger partial charge on any atom is -0.376 e. The molecular weight excluding hydrogens is 416 g/mol. The lowest BCUT2D eigenvalue weighted by molar-refractivity contribution is -0.116. The van der Waals surface area contributed by atoms with Crippen molar-refractivity contribution < 1.29 is 14.4 Å². The minimum atomic E-state index is -0.229. The number of hydrogen-bond acceptors (Lipinski definition) is 4. The molecule has 1 unspecified atom stereocenters. The molecule has 7 heteroatoms. The summed E-state index contributed by atoms with van der Waals surface area (Å²) in [4.78, 5) is 36.3. The number of carbonyl (C=O) groups excluding carboxylic acids is 3. The van der Waals surface area contributed by atoms with Crippen LogP contribution in [-0.2, 0) is 9.59 Å². The first-order chi connectivity index (χ1) is 15.9. The Hall–Kier alpha value is -4.13. The first-order valence-electron chi connectivity index (χ1n) is 10.8. The summed E-state index contributed by atoms with van der Waals surface area (Å²) < 4.78 is 0. The van der Waals surface area contributed by atoms with Gasteiger partial charge in [0.1, 0.15) is 0 Å². The van der Waals surface area contributed by atoms with Crippen LogP contribution in [0.5, 0.6) is 0 Å². The summed E-state index contributed by atoms with van der Waals surface area (Å²) in [5, 5.41) is 11.6. The van der Waals surface area contributed by atoms with E-state index in [9.17, 15) is 14.4 Å². The van der Waals surface area contributed by atoms with E-state index in [-0.39, 0.29) is 30.3 Å². The Morgan fingerprint density at radius 2 is 1.42 bits per heavy atom. The van der Waals surface area contributed by atoms with Gasteiger partial charge in [0.2, 0.25) is 11.8 Å². The summed E-state index contributed by atoms with van der Waals surface area (Å²) >= 11 is 0. The Kier molecular flexibility index (Phi) is 8.18. The van der Waals surface area contributed by atoms with Gasteiger partial charge in [-0.05, 0) is 55.0 Å². The molecule has 0 spiro atoms. The summed E-state index contributed by atoms with van der Waals surface area (Å²) in [7, 11) is 0. The van der Waals surface area contributed by atoms with E-state index in [0.717, 1.165) is 11.3 Å². The average molecular weight is 445 g/mol. The molecule has 3 rings (SSSR count). The summed E-state index contributed by atoms with van der Waals surface area (Å²) in [5.74, 6) is -0.481. The van der Waals surface area contributed by atoms with E-state index in [0.29, 0.717) is 23.4 Å². The van der Waals surface area contributed by atoms with Crippen LogP contribution >= 0.6 is 0 Å². The second-order valence-corrected chi connectivity index (χ2v) is 7.57. The molecule has 0 radical (unpaired) electrons.